The smallest absolute Gasteiger partial charge is 0.149 e. The highest BCUT2D eigenvalue weighted by Gasteiger charge is 2.43. The van der Waals surface area contributed by atoms with E-state index < -0.39 is 0 Å². The molecule has 82 valence electrons. The first-order valence-electron chi connectivity index (χ1n) is 4.73. The summed E-state index contributed by atoms with van der Waals surface area (Å²) in [6, 6.07) is 0. The predicted octanol–water partition coefficient (Wildman–Crippen LogP) is 2.15. The summed E-state index contributed by atoms with van der Waals surface area (Å²) in [5, 5.41) is 13.5. The van der Waals surface area contributed by atoms with Gasteiger partial charge in [-0.15, -0.1) is 11.3 Å². The molecule has 0 bridgehead atoms. The maximum absolute atomic E-state index is 8.52. The number of aromatic nitrogens is 1. The second kappa shape index (κ2) is 4.40. The van der Waals surface area contributed by atoms with Crippen molar-refractivity contribution in [3.8, 4) is 0 Å². The molecule has 1 aromatic heterocycles. The summed E-state index contributed by atoms with van der Waals surface area (Å²) < 4.78 is 1.10. The van der Waals surface area contributed by atoms with Crippen molar-refractivity contribution in [2.75, 3.05) is 5.75 Å². The lowest BCUT2D eigenvalue weighted by Crippen LogP contribution is -2.19. The van der Waals surface area contributed by atoms with Gasteiger partial charge in [0.05, 0.1) is 0 Å². The fourth-order valence-electron chi connectivity index (χ4n) is 1.46. The third kappa shape index (κ3) is 2.85. The summed E-state index contributed by atoms with van der Waals surface area (Å²) in [6.07, 6.45) is 4.85. The zero-order valence-electron chi connectivity index (χ0n) is 8.22. The summed E-state index contributed by atoms with van der Waals surface area (Å²) >= 11 is 3.42. The Labute approximate surface area is 96.6 Å². The molecule has 1 aliphatic carbocycles. The minimum Gasteiger partial charge on any atom is -0.409 e. The standard InChI is InChI=1S/C9H13N3OS2/c10-7(12-13)5-9(1-2-9)6-15-8-11-3-4-14-8/h3-4,13H,1-2,5-6H2,(H2,10,12). The van der Waals surface area contributed by atoms with Crippen molar-refractivity contribution in [2.24, 2.45) is 16.3 Å². The molecular formula is C9H13N3OS2. The zero-order valence-corrected chi connectivity index (χ0v) is 9.85. The van der Waals surface area contributed by atoms with Gasteiger partial charge in [0.15, 0.2) is 0 Å². The Morgan fingerprint density at radius 3 is 3.07 bits per heavy atom. The van der Waals surface area contributed by atoms with Gasteiger partial charge in [0.2, 0.25) is 0 Å². The highest BCUT2D eigenvalue weighted by atomic mass is 32.2. The molecule has 0 radical (unpaired) electrons. The van der Waals surface area contributed by atoms with Gasteiger partial charge in [0.25, 0.3) is 0 Å². The number of hydrogen-bond donors (Lipinski definition) is 2. The lowest BCUT2D eigenvalue weighted by molar-refractivity contribution is 0.315. The van der Waals surface area contributed by atoms with E-state index in [1.54, 1.807) is 23.1 Å². The van der Waals surface area contributed by atoms with Gasteiger partial charge < -0.3 is 10.9 Å². The molecule has 0 unspecified atom stereocenters. The maximum Gasteiger partial charge on any atom is 0.149 e. The summed E-state index contributed by atoms with van der Waals surface area (Å²) in [6.45, 7) is 0. The number of nitrogens with zero attached hydrogens (tertiary/aromatic N) is 2. The van der Waals surface area contributed by atoms with E-state index >= 15 is 0 Å². The van der Waals surface area contributed by atoms with Crippen molar-refractivity contribution < 1.29 is 5.21 Å². The number of nitrogens with two attached hydrogens (primary N) is 1. The molecule has 6 heteroatoms. The zero-order chi connectivity index (χ0) is 10.7. The van der Waals surface area contributed by atoms with Crippen LogP contribution >= 0.6 is 23.1 Å². The van der Waals surface area contributed by atoms with E-state index in [1.165, 1.54) is 12.8 Å². The van der Waals surface area contributed by atoms with Gasteiger partial charge in [-0.05, 0) is 18.3 Å². The van der Waals surface area contributed by atoms with E-state index in [9.17, 15) is 0 Å². The van der Waals surface area contributed by atoms with Gasteiger partial charge in [0.1, 0.15) is 10.2 Å². The molecule has 1 heterocycles. The van der Waals surface area contributed by atoms with Crippen LogP contribution in [0.15, 0.2) is 21.1 Å². The summed E-state index contributed by atoms with van der Waals surface area (Å²) in [7, 11) is 0. The first-order valence-corrected chi connectivity index (χ1v) is 6.59. The molecule has 3 N–H and O–H groups in total. The van der Waals surface area contributed by atoms with Crippen molar-refractivity contribution in [3.63, 3.8) is 0 Å². The van der Waals surface area contributed by atoms with Gasteiger partial charge in [-0.1, -0.05) is 16.9 Å². The summed E-state index contributed by atoms with van der Waals surface area (Å²) in [4.78, 5) is 4.22. The highest BCUT2D eigenvalue weighted by Crippen LogP contribution is 2.52. The Hall–Kier alpha value is -0.750. The number of thiazole rings is 1. The van der Waals surface area contributed by atoms with Crippen molar-refractivity contribution in [3.05, 3.63) is 11.6 Å². The van der Waals surface area contributed by atoms with Crippen LogP contribution in [0.4, 0.5) is 0 Å². The topological polar surface area (TPSA) is 71.5 Å². The predicted molar refractivity (Wildman–Crippen MR) is 62.5 cm³/mol. The molecular weight excluding hydrogens is 230 g/mol. The van der Waals surface area contributed by atoms with Crippen LogP contribution in [0.25, 0.3) is 0 Å². The van der Waals surface area contributed by atoms with Crippen LogP contribution in [0.3, 0.4) is 0 Å². The third-order valence-corrected chi connectivity index (χ3v) is 4.87. The summed E-state index contributed by atoms with van der Waals surface area (Å²) in [5.41, 5.74) is 5.78. The fraction of sp³-hybridized carbons (Fsp3) is 0.556. The fourth-order valence-corrected chi connectivity index (χ4v) is 3.40. The number of thioether (sulfide) groups is 1. The molecule has 0 spiro atoms. The molecule has 0 saturated heterocycles. The molecule has 4 nitrogen and oxygen atoms in total. The van der Waals surface area contributed by atoms with E-state index in [0.29, 0.717) is 12.3 Å². The molecule has 1 aromatic rings. The highest BCUT2D eigenvalue weighted by molar-refractivity contribution is 8.01. The lowest BCUT2D eigenvalue weighted by Gasteiger charge is -2.11. The van der Waals surface area contributed by atoms with Crippen LogP contribution in [-0.4, -0.2) is 21.8 Å². The van der Waals surface area contributed by atoms with E-state index in [-0.39, 0.29) is 5.41 Å². The average Bonchev–Trinajstić information content (AvgIpc) is 2.81. The Morgan fingerprint density at radius 2 is 2.53 bits per heavy atom. The minimum absolute atomic E-state index is 0.257. The Balaban J connectivity index is 1.84. The van der Waals surface area contributed by atoms with E-state index in [1.807, 2.05) is 11.6 Å². The molecule has 0 amide bonds. The number of rotatable bonds is 5. The normalized spacial score (nSPS) is 19.1. The SMILES string of the molecule is NC(CC1(CSc2nccs2)CC1)=NO. The van der Waals surface area contributed by atoms with Crippen molar-refractivity contribution in [1.82, 2.24) is 4.98 Å². The molecule has 1 fully saturated rings. The Bertz CT molecular complexity index is 346. The van der Waals surface area contributed by atoms with Crippen LogP contribution in [0.1, 0.15) is 19.3 Å². The molecule has 15 heavy (non-hydrogen) atoms. The molecule has 1 saturated carbocycles. The van der Waals surface area contributed by atoms with Crippen LogP contribution in [0.2, 0.25) is 0 Å². The average molecular weight is 243 g/mol. The summed E-state index contributed by atoms with van der Waals surface area (Å²) in [5.74, 6) is 1.35. The van der Waals surface area contributed by atoms with Crippen molar-refractivity contribution in [1.29, 1.82) is 0 Å². The van der Waals surface area contributed by atoms with Crippen LogP contribution < -0.4 is 5.73 Å². The third-order valence-electron chi connectivity index (χ3n) is 2.55. The number of amidine groups is 1. The van der Waals surface area contributed by atoms with Gasteiger partial charge in [-0.3, -0.25) is 0 Å². The van der Waals surface area contributed by atoms with E-state index in [4.69, 9.17) is 10.9 Å². The van der Waals surface area contributed by atoms with Gasteiger partial charge in [-0.25, -0.2) is 4.98 Å². The van der Waals surface area contributed by atoms with Crippen LogP contribution in [0.5, 0.6) is 0 Å². The Morgan fingerprint density at radius 1 is 1.73 bits per heavy atom. The van der Waals surface area contributed by atoms with E-state index in [0.717, 1.165) is 10.1 Å². The van der Waals surface area contributed by atoms with Crippen LogP contribution in [-0.2, 0) is 0 Å². The molecule has 0 aliphatic heterocycles. The Kier molecular flexibility index (Phi) is 3.16. The molecule has 0 atom stereocenters. The van der Waals surface area contributed by atoms with Crippen molar-refractivity contribution in [2.45, 2.75) is 23.6 Å². The molecule has 0 aromatic carbocycles. The first-order chi connectivity index (χ1) is 7.24. The molecule has 2 rings (SSSR count). The lowest BCUT2D eigenvalue weighted by atomic mass is 10.1. The first kappa shape index (κ1) is 10.8. The largest absolute Gasteiger partial charge is 0.409 e. The quantitative estimate of drug-likeness (QED) is 0.273. The van der Waals surface area contributed by atoms with Gasteiger partial charge >= 0.3 is 0 Å². The van der Waals surface area contributed by atoms with Crippen LogP contribution in [0, 0.1) is 5.41 Å². The van der Waals surface area contributed by atoms with Gasteiger partial charge in [0, 0.05) is 23.8 Å². The second-order valence-corrected chi connectivity index (χ2v) is 5.97. The number of oxime groups is 1. The van der Waals surface area contributed by atoms with Gasteiger partial charge in [-0.2, -0.15) is 0 Å². The second-order valence-electron chi connectivity index (χ2n) is 3.85. The number of hydrogen-bond acceptors (Lipinski definition) is 5. The maximum atomic E-state index is 8.52. The van der Waals surface area contributed by atoms with E-state index in [2.05, 4.69) is 10.1 Å². The minimum atomic E-state index is 0.257. The monoisotopic (exact) mass is 243 g/mol. The van der Waals surface area contributed by atoms with Crippen molar-refractivity contribution >= 4 is 28.9 Å². The molecule has 1 aliphatic rings.